The highest BCUT2D eigenvalue weighted by molar-refractivity contribution is 5.78. The van der Waals surface area contributed by atoms with Gasteiger partial charge < -0.3 is 14.6 Å². The summed E-state index contributed by atoms with van der Waals surface area (Å²) in [5, 5.41) is 0. The molecule has 1 aromatic heterocycles. The predicted octanol–water partition coefficient (Wildman–Crippen LogP) is 1.48. The molecule has 0 radical (unpaired) electrons. The Morgan fingerprint density at radius 2 is 2.13 bits per heavy atom. The maximum Gasteiger partial charge on any atom is 0.228 e. The van der Waals surface area contributed by atoms with Gasteiger partial charge in [-0.05, 0) is 24.7 Å². The second kappa shape index (κ2) is 6.83. The third kappa shape index (κ3) is 3.53. The van der Waals surface area contributed by atoms with Crippen LogP contribution in [0, 0.1) is 0 Å². The lowest BCUT2D eigenvalue weighted by Crippen LogP contribution is -2.49. The number of nitrogens with one attached hydrogen (secondary N) is 1. The van der Waals surface area contributed by atoms with Crippen LogP contribution in [0.5, 0.6) is 5.75 Å². The third-order valence-electron chi connectivity index (χ3n) is 4.40. The quantitative estimate of drug-likeness (QED) is 0.928. The monoisotopic (exact) mass is 314 g/mol. The van der Waals surface area contributed by atoms with Crippen molar-refractivity contribution in [3.05, 3.63) is 48.0 Å². The first-order chi connectivity index (χ1) is 11.2. The number of carbonyl (C=O) groups is 1. The molecule has 2 aromatic rings. The molecule has 0 saturated carbocycles. The van der Waals surface area contributed by atoms with Crippen molar-refractivity contribution < 1.29 is 9.53 Å². The summed E-state index contributed by atoms with van der Waals surface area (Å²) in [5.74, 6) is 0.986. The Hall–Kier alpha value is -2.34. The standard InChI is InChI=1S/C17H22N4O2/c1-20-7-8-21(17(22)9-14-10-18-12-19-14)11-16(20)13-3-5-15(23-2)6-4-13/h3-6,10,12,16H,7-9,11H2,1-2H3,(H,18,19). The summed E-state index contributed by atoms with van der Waals surface area (Å²) in [6.45, 7) is 2.33. The molecule has 0 aliphatic carbocycles. The van der Waals surface area contributed by atoms with E-state index in [9.17, 15) is 4.79 Å². The maximum absolute atomic E-state index is 12.5. The molecule has 6 nitrogen and oxygen atoms in total. The Balaban J connectivity index is 1.69. The van der Waals surface area contributed by atoms with Crippen LogP contribution in [0.25, 0.3) is 0 Å². The minimum Gasteiger partial charge on any atom is -0.497 e. The van der Waals surface area contributed by atoms with E-state index in [4.69, 9.17) is 4.74 Å². The normalized spacial score (nSPS) is 18.9. The number of aromatic amines is 1. The molecular formula is C17H22N4O2. The number of aromatic nitrogens is 2. The van der Waals surface area contributed by atoms with Crippen molar-refractivity contribution in [3.8, 4) is 5.75 Å². The first kappa shape index (κ1) is 15.6. The summed E-state index contributed by atoms with van der Waals surface area (Å²) in [7, 11) is 3.77. The lowest BCUT2D eigenvalue weighted by Gasteiger charge is -2.39. The first-order valence-corrected chi connectivity index (χ1v) is 7.76. The van der Waals surface area contributed by atoms with Crippen LogP contribution in [0.15, 0.2) is 36.8 Å². The molecule has 1 aliphatic heterocycles. The van der Waals surface area contributed by atoms with E-state index < -0.39 is 0 Å². The Kier molecular flexibility index (Phi) is 4.62. The van der Waals surface area contributed by atoms with Gasteiger partial charge in [-0.15, -0.1) is 0 Å². The minimum atomic E-state index is 0.140. The summed E-state index contributed by atoms with van der Waals surface area (Å²) in [4.78, 5) is 23.7. The van der Waals surface area contributed by atoms with Crippen LogP contribution < -0.4 is 4.74 Å². The van der Waals surface area contributed by atoms with Crippen molar-refractivity contribution in [2.24, 2.45) is 0 Å². The number of methoxy groups -OCH3 is 1. The van der Waals surface area contributed by atoms with Crippen LogP contribution in [0.3, 0.4) is 0 Å². The maximum atomic E-state index is 12.5. The largest absolute Gasteiger partial charge is 0.497 e. The average molecular weight is 314 g/mol. The van der Waals surface area contributed by atoms with Gasteiger partial charge in [-0.1, -0.05) is 12.1 Å². The highest BCUT2D eigenvalue weighted by Gasteiger charge is 2.28. The number of amides is 1. The fourth-order valence-electron chi connectivity index (χ4n) is 2.94. The fraction of sp³-hybridized carbons (Fsp3) is 0.412. The molecule has 3 rings (SSSR count). The Labute approximate surface area is 136 Å². The second-order valence-corrected chi connectivity index (χ2v) is 5.86. The van der Waals surface area contributed by atoms with Crippen molar-refractivity contribution in [1.29, 1.82) is 0 Å². The first-order valence-electron chi connectivity index (χ1n) is 7.76. The van der Waals surface area contributed by atoms with Gasteiger partial charge in [0, 0.05) is 31.5 Å². The van der Waals surface area contributed by atoms with Crippen LogP contribution in [0.4, 0.5) is 0 Å². The highest BCUT2D eigenvalue weighted by Crippen LogP contribution is 2.26. The van der Waals surface area contributed by atoms with Gasteiger partial charge in [-0.3, -0.25) is 9.69 Å². The average Bonchev–Trinajstić information content (AvgIpc) is 3.08. The number of ether oxygens (including phenoxy) is 1. The summed E-state index contributed by atoms with van der Waals surface area (Å²) >= 11 is 0. The van der Waals surface area contributed by atoms with Crippen LogP contribution in [-0.4, -0.2) is 59.5 Å². The molecule has 1 saturated heterocycles. The summed E-state index contributed by atoms with van der Waals surface area (Å²) in [6, 6.07) is 8.29. The Bertz CT molecular complexity index is 639. The summed E-state index contributed by atoms with van der Waals surface area (Å²) < 4.78 is 5.21. The van der Waals surface area contributed by atoms with Gasteiger partial charge in [-0.2, -0.15) is 0 Å². The SMILES string of the molecule is COc1ccc(C2CN(C(=O)Cc3cnc[nH]3)CCN2C)cc1. The van der Waals surface area contributed by atoms with Gasteiger partial charge in [0.05, 0.1) is 25.9 Å². The number of benzene rings is 1. The summed E-state index contributed by atoms with van der Waals surface area (Å²) in [6.07, 6.45) is 3.68. The van der Waals surface area contributed by atoms with E-state index in [1.54, 1.807) is 19.6 Å². The third-order valence-corrected chi connectivity index (χ3v) is 4.40. The van der Waals surface area contributed by atoms with Gasteiger partial charge in [0.15, 0.2) is 0 Å². The lowest BCUT2D eigenvalue weighted by atomic mass is 10.0. The Morgan fingerprint density at radius 3 is 2.78 bits per heavy atom. The number of H-pyrrole nitrogens is 1. The fourth-order valence-corrected chi connectivity index (χ4v) is 2.94. The second-order valence-electron chi connectivity index (χ2n) is 5.86. The molecule has 6 heteroatoms. The molecule has 122 valence electrons. The molecule has 1 aromatic carbocycles. The zero-order valence-electron chi connectivity index (χ0n) is 13.5. The van der Waals surface area contributed by atoms with E-state index in [1.165, 1.54) is 5.56 Å². The van der Waals surface area contributed by atoms with Crippen molar-refractivity contribution in [2.75, 3.05) is 33.8 Å². The molecular weight excluding hydrogens is 292 g/mol. The van der Waals surface area contributed by atoms with Crippen LogP contribution in [0.2, 0.25) is 0 Å². The van der Waals surface area contributed by atoms with E-state index in [0.29, 0.717) is 13.0 Å². The van der Waals surface area contributed by atoms with E-state index in [-0.39, 0.29) is 11.9 Å². The summed E-state index contributed by atoms with van der Waals surface area (Å²) in [5.41, 5.74) is 2.06. The smallest absolute Gasteiger partial charge is 0.228 e. The molecule has 1 fully saturated rings. The van der Waals surface area contributed by atoms with E-state index in [0.717, 1.165) is 24.5 Å². The molecule has 1 aliphatic rings. The molecule has 1 unspecified atom stereocenters. The van der Waals surface area contributed by atoms with Crippen molar-refractivity contribution in [2.45, 2.75) is 12.5 Å². The molecule has 23 heavy (non-hydrogen) atoms. The number of piperazine rings is 1. The minimum absolute atomic E-state index is 0.140. The number of hydrogen-bond donors (Lipinski definition) is 1. The van der Waals surface area contributed by atoms with E-state index in [2.05, 4.69) is 34.0 Å². The Morgan fingerprint density at radius 1 is 1.35 bits per heavy atom. The van der Waals surface area contributed by atoms with Crippen molar-refractivity contribution in [1.82, 2.24) is 19.8 Å². The highest BCUT2D eigenvalue weighted by atomic mass is 16.5. The number of carbonyl (C=O) groups excluding carboxylic acids is 1. The van der Waals surface area contributed by atoms with E-state index >= 15 is 0 Å². The molecule has 2 heterocycles. The molecule has 0 spiro atoms. The van der Waals surface area contributed by atoms with Crippen LogP contribution >= 0.6 is 0 Å². The zero-order chi connectivity index (χ0) is 16.2. The van der Waals surface area contributed by atoms with Gasteiger partial charge in [0.25, 0.3) is 0 Å². The molecule has 1 N–H and O–H groups in total. The number of likely N-dealkylation sites (N-methyl/N-ethyl adjacent to an activating group) is 1. The molecule has 0 bridgehead atoms. The van der Waals surface area contributed by atoms with Crippen molar-refractivity contribution >= 4 is 5.91 Å². The number of nitrogens with zero attached hydrogens (tertiary/aromatic N) is 3. The molecule has 1 atom stereocenters. The van der Waals surface area contributed by atoms with Crippen LogP contribution in [-0.2, 0) is 11.2 Å². The lowest BCUT2D eigenvalue weighted by molar-refractivity contribution is -0.133. The van der Waals surface area contributed by atoms with Crippen molar-refractivity contribution in [3.63, 3.8) is 0 Å². The number of imidazole rings is 1. The zero-order valence-corrected chi connectivity index (χ0v) is 13.5. The topological polar surface area (TPSA) is 61.5 Å². The van der Waals surface area contributed by atoms with Gasteiger partial charge >= 0.3 is 0 Å². The predicted molar refractivity (Wildman–Crippen MR) is 87.2 cm³/mol. The van der Waals surface area contributed by atoms with Gasteiger partial charge in [-0.25, -0.2) is 4.98 Å². The van der Waals surface area contributed by atoms with Gasteiger partial charge in [0.2, 0.25) is 5.91 Å². The van der Waals surface area contributed by atoms with Gasteiger partial charge in [0.1, 0.15) is 5.75 Å². The molecule has 1 amide bonds. The number of rotatable bonds is 4. The number of hydrogen-bond acceptors (Lipinski definition) is 4. The van der Waals surface area contributed by atoms with Crippen LogP contribution in [0.1, 0.15) is 17.3 Å². The van der Waals surface area contributed by atoms with E-state index in [1.807, 2.05) is 17.0 Å².